The summed E-state index contributed by atoms with van der Waals surface area (Å²) in [6.07, 6.45) is 3.32. The second-order valence-electron chi connectivity index (χ2n) is 12.9. The fourth-order valence-electron chi connectivity index (χ4n) is 5.62. The van der Waals surface area contributed by atoms with Gasteiger partial charge >= 0.3 is 0 Å². The number of halogens is 2. The molecule has 11 heteroatoms. The van der Waals surface area contributed by atoms with Crippen LogP contribution in [0.2, 0.25) is 0 Å². The summed E-state index contributed by atoms with van der Waals surface area (Å²) >= 11 is 0. The lowest BCUT2D eigenvalue weighted by molar-refractivity contribution is 0.0575. The largest absolute Gasteiger partial charge is 0.489 e. The van der Waals surface area contributed by atoms with E-state index in [9.17, 15) is 9.50 Å². The first-order valence-corrected chi connectivity index (χ1v) is 15.3. The minimum atomic E-state index is -1.03. The Morgan fingerprint density at radius 3 is 2.55 bits per heavy atom. The molecule has 4 heterocycles. The van der Waals surface area contributed by atoms with Gasteiger partial charge in [-0.1, -0.05) is 20.8 Å². The fraction of sp³-hybridized carbons (Fsp3) is 0.515. The van der Waals surface area contributed by atoms with E-state index >= 15 is 4.39 Å². The summed E-state index contributed by atoms with van der Waals surface area (Å²) in [6.45, 7) is 14.7. The number of benzene rings is 1. The van der Waals surface area contributed by atoms with Crippen LogP contribution in [0.5, 0.6) is 5.75 Å². The predicted molar refractivity (Wildman–Crippen MR) is 168 cm³/mol. The van der Waals surface area contributed by atoms with Gasteiger partial charge in [-0.05, 0) is 43.7 Å². The summed E-state index contributed by atoms with van der Waals surface area (Å²) in [5.74, 6) is -2.15. The molecule has 0 aliphatic carbocycles. The quantitative estimate of drug-likeness (QED) is 0.245. The van der Waals surface area contributed by atoms with Crippen LogP contribution in [-0.4, -0.2) is 87.0 Å². The molecule has 0 amide bonds. The van der Waals surface area contributed by atoms with Crippen molar-refractivity contribution in [2.75, 3.05) is 52.9 Å². The van der Waals surface area contributed by atoms with Gasteiger partial charge < -0.3 is 24.5 Å². The number of pyridine rings is 1. The van der Waals surface area contributed by atoms with Gasteiger partial charge in [0.1, 0.15) is 11.8 Å². The molecule has 0 radical (unpaired) electrons. The van der Waals surface area contributed by atoms with Crippen LogP contribution >= 0.6 is 0 Å². The molecule has 1 atom stereocenters. The Morgan fingerprint density at radius 1 is 1.07 bits per heavy atom. The molecular formula is C33H45F2N7O2. The van der Waals surface area contributed by atoms with E-state index in [1.165, 1.54) is 0 Å². The highest BCUT2D eigenvalue weighted by atomic mass is 19.2. The number of hydrogen-bond donors (Lipinski definition) is 2. The predicted octanol–water partition coefficient (Wildman–Crippen LogP) is 4.36. The van der Waals surface area contributed by atoms with Gasteiger partial charge in [0.15, 0.2) is 11.6 Å². The first-order chi connectivity index (χ1) is 20.9. The molecule has 1 aliphatic rings. The van der Waals surface area contributed by atoms with E-state index in [4.69, 9.17) is 4.74 Å². The number of hydrogen-bond acceptors (Lipinski definition) is 7. The Balaban J connectivity index is 1.32. The van der Waals surface area contributed by atoms with Crippen molar-refractivity contribution in [2.45, 2.75) is 46.8 Å². The highest BCUT2D eigenvalue weighted by Gasteiger charge is 2.30. The molecule has 1 aliphatic heterocycles. The number of nitrogens with zero attached hydrogens (tertiary/aromatic N) is 6. The minimum absolute atomic E-state index is 0.0829. The van der Waals surface area contributed by atoms with Crippen molar-refractivity contribution in [1.82, 2.24) is 34.3 Å². The van der Waals surface area contributed by atoms with E-state index in [0.29, 0.717) is 29.8 Å². The van der Waals surface area contributed by atoms with Gasteiger partial charge in [-0.25, -0.2) is 9.37 Å². The maximum atomic E-state index is 15.2. The Hall–Kier alpha value is -3.38. The molecule has 44 heavy (non-hydrogen) atoms. The van der Waals surface area contributed by atoms with E-state index in [2.05, 4.69) is 32.2 Å². The zero-order chi connectivity index (χ0) is 31.6. The van der Waals surface area contributed by atoms with Crippen LogP contribution < -0.4 is 10.1 Å². The van der Waals surface area contributed by atoms with Gasteiger partial charge in [0.05, 0.1) is 24.2 Å². The first kappa shape index (κ1) is 32.0. The fourth-order valence-corrected chi connectivity index (χ4v) is 5.62. The van der Waals surface area contributed by atoms with Gasteiger partial charge in [-0.2, -0.15) is 9.49 Å². The minimum Gasteiger partial charge on any atom is -0.489 e. The van der Waals surface area contributed by atoms with Gasteiger partial charge in [-0.3, -0.25) is 9.58 Å². The normalized spacial score (nSPS) is 15.8. The lowest BCUT2D eigenvalue weighted by atomic mass is 9.85. The van der Waals surface area contributed by atoms with E-state index in [-0.39, 0.29) is 12.4 Å². The van der Waals surface area contributed by atoms with E-state index in [1.54, 1.807) is 10.7 Å². The van der Waals surface area contributed by atoms with Crippen molar-refractivity contribution in [3.05, 3.63) is 70.9 Å². The third-order valence-electron chi connectivity index (χ3n) is 8.62. The van der Waals surface area contributed by atoms with E-state index < -0.39 is 23.2 Å². The summed E-state index contributed by atoms with van der Waals surface area (Å²) in [6, 6.07) is 6.38. The highest BCUT2D eigenvalue weighted by Crippen LogP contribution is 2.36. The van der Waals surface area contributed by atoms with Crippen LogP contribution in [0.4, 0.5) is 8.78 Å². The molecule has 1 aromatic carbocycles. The maximum Gasteiger partial charge on any atom is 0.201 e. The molecule has 1 unspecified atom stereocenters. The zero-order valence-corrected chi connectivity index (χ0v) is 26.7. The number of imidazole rings is 1. The van der Waals surface area contributed by atoms with E-state index in [0.717, 1.165) is 67.9 Å². The van der Waals surface area contributed by atoms with Crippen molar-refractivity contribution >= 4 is 5.65 Å². The molecule has 5 rings (SSSR count). The van der Waals surface area contributed by atoms with Crippen molar-refractivity contribution < 1.29 is 18.6 Å². The molecule has 1 saturated heterocycles. The average molecular weight is 610 g/mol. The average Bonchev–Trinajstić information content (AvgIpc) is 3.52. The number of ether oxygens (including phenoxy) is 1. The molecular weight excluding hydrogens is 564 g/mol. The van der Waals surface area contributed by atoms with Crippen LogP contribution in [0.25, 0.3) is 16.8 Å². The molecule has 3 aromatic heterocycles. The van der Waals surface area contributed by atoms with Crippen molar-refractivity contribution in [2.24, 2.45) is 12.5 Å². The number of aliphatic hydroxyl groups is 1. The van der Waals surface area contributed by atoms with Gasteiger partial charge in [0, 0.05) is 87.9 Å². The molecule has 1 fully saturated rings. The number of likely N-dealkylation sites (N-methyl/N-ethyl adjacent to an activating group) is 1. The Bertz CT molecular complexity index is 1590. The van der Waals surface area contributed by atoms with Crippen LogP contribution in [-0.2, 0) is 20.0 Å². The van der Waals surface area contributed by atoms with Gasteiger partial charge in [-0.15, -0.1) is 0 Å². The lowest BCUT2D eigenvalue weighted by Crippen LogP contribution is -2.46. The van der Waals surface area contributed by atoms with Crippen LogP contribution in [0, 0.1) is 24.0 Å². The number of rotatable bonds is 11. The number of aryl methyl sites for hydroxylation is 1. The Morgan fingerprint density at radius 2 is 1.82 bits per heavy atom. The zero-order valence-electron chi connectivity index (χ0n) is 26.7. The molecule has 238 valence electrons. The Labute approximate surface area is 258 Å². The summed E-state index contributed by atoms with van der Waals surface area (Å²) in [4.78, 5) is 9.34. The molecule has 4 aromatic rings. The van der Waals surface area contributed by atoms with Crippen molar-refractivity contribution in [3.8, 4) is 16.9 Å². The van der Waals surface area contributed by atoms with Gasteiger partial charge in [0.25, 0.3) is 0 Å². The lowest BCUT2D eigenvalue weighted by Gasteiger charge is -2.32. The van der Waals surface area contributed by atoms with Crippen LogP contribution in [0.3, 0.4) is 0 Å². The monoisotopic (exact) mass is 609 g/mol. The second kappa shape index (κ2) is 13.3. The smallest absolute Gasteiger partial charge is 0.201 e. The molecule has 9 nitrogen and oxygen atoms in total. The first-order valence-electron chi connectivity index (χ1n) is 15.3. The van der Waals surface area contributed by atoms with Crippen molar-refractivity contribution in [3.63, 3.8) is 0 Å². The van der Waals surface area contributed by atoms with Crippen LogP contribution in [0.15, 0.2) is 36.7 Å². The third-order valence-corrected chi connectivity index (χ3v) is 8.62. The van der Waals surface area contributed by atoms with E-state index in [1.807, 2.05) is 63.7 Å². The number of nitrogens with one attached hydrogen (secondary N) is 1. The number of fused-ring (bicyclic) bond motifs is 1. The molecule has 0 spiro atoms. The highest BCUT2D eigenvalue weighted by molar-refractivity contribution is 5.71. The summed E-state index contributed by atoms with van der Waals surface area (Å²) in [5.41, 5.74) is 4.78. The molecule has 2 N–H and O–H groups in total. The maximum absolute atomic E-state index is 15.2. The summed E-state index contributed by atoms with van der Waals surface area (Å²) in [7, 11) is 3.98. The molecule has 0 bridgehead atoms. The standard InChI is InChI=1S/C33H45F2N7O2/c1-22-25(30(38-40(22)6)32(43)33(2,3)4)11-18-44-31-26(8-9-27(34)29(31)35)23-7-10-28-37-20-24(42(28)21-23)19-36-12-13-41-16-14-39(5)15-17-41/h7-10,20-21,32,36,43H,11-19H2,1-6H3. The van der Waals surface area contributed by atoms with Gasteiger partial charge in [0.2, 0.25) is 5.82 Å². The number of piperazine rings is 1. The Kier molecular flexibility index (Phi) is 9.69. The number of aromatic nitrogens is 4. The third kappa shape index (κ3) is 6.96. The number of aliphatic hydroxyl groups excluding tert-OH is 1. The molecule has 0 saturated carbocycles. The summed E-state index contributed by atoms with van der Waals surface area (Å²) < 4.78 is 39.4. The topological polar surface area (TPSA) is 83.1 Å². The second-order valence-corrected chi connectivity index (χ2v) is 12.9. The summed E-state index contributed by atoms with van der Waals surface area (Å²) in [5, 5.41) is 19.0. The van der Waals surface area contributed by atoms with Crippen molar-refractivity contribution in [1.29, 1.82) is 0 Å². The van der Waals surface area contributed by atoms with Crippen LogP contribution in [0.1, 0.15) is 49.5 Å². The SMILES string of the molecule is Cc1c(CCOc2c(-c3ccc4ncc(CNCCN5CCN(C)CC5)n4c3)ccc(F)c2F)c(C(O)C(C)(C)C)nn1C.